The molecule has 0 aromatic carbocycles. The van der Waals surface area contributed by atoms with Crippen molar-refractivity contribution >= 4 is 11.9 Å². The summed E-state index contributed by atoms with van der Waals surface area (Å²) in [5, 5.41) is 11.3. The average molecular weight is 213 g/mol. The Labute approximate surface area is 90.4 Å². The molecule has 0 aromatic heterocycles. The van der Waals surface area contributed by atoms with Gasteiger partial charge in [0.05, 0.1) is 0 Å². The molecule has 86 valence electrons. The molecule has 4 heteroatoms. The van der Waals surface area contributed by atoms with Crippen LogP contribution in [-0.4, -0.2) is 23.0 Å². The topological polar surface area (TPSA) is 66.4 Å². The molecule has 0 saturated heterocycles. The SMILES string of the molecule is CC(C)=CC(=O)N[C@@H](CC(C)C)C(=O)O. The summed E-state index contributed by atoms with van der Waals surface area (Å²) in [6.07, 6.45) is 1.84. The molecule has 2 N–H and O–H groups in total. The molecule has 0 saturated carbocycles. The highest BCUT2D eigenvalue weighted by atomic mass is 16.4. The number of carboxylic acid groups (broad SMARTS) is 1. The third-order valence-corrected chi connectivity index (χ3v) is 1.74. The minimum absolute atomic E-state index is 0.234. The fourth-order valence-corrected chi connectivity index (χ4v) is 1.17. The van der Waals surface area contributed by atoms with Crippen molar-refractivity contribution in [1.82, 2.24) is 5.32 Å². The summed E-state index contributed by atoms with van der Waals surface area (Å²) >= 11 is 0. The molecule has 0 aromatic rings. The standard InChI is InChI=1S/C11H19NO3/c1-7(2)5-9(11(14)15)12-10(13)6-8(3)4/h6-7,9H,5H2,1-4H3,(H,12,13)(H,14,15)/t9-/m0/s1. The molecule has 1 atom stereocenters. The van der Waals surface area contributed by atoms with Crippen LogP contribution in [0.3, 0.4) is 0 Å². The molecule has 15 heavy (non-hydrogen) atoms. The van der Waals surface area contributed by atoms with Crippen molar-refractivity contribution in [2.24, 2.45) is 5.92 Å². The molecular weight excluding hydrogens is 194 g/mol. The Morgan fingerprint density at radius 2 is 1.87 bits per heavy atom. The molecule has 0 heterocycles. The predicted molar refractivity (Wildman–Crippen MR) is 58.5 cm³/mol. The lowest BCUT2D eigenvalue weighted by atomic mass is 10.0. The van der Waals surface area contributed by atoms with Gasteiger partial charge in [0.1, 0.15) is 6.04 Å². The van der Waals surface area contributed by atoms with Crippen molar-refractivity contribution in [3.05, 3.63) is 11.6 Å². The lowest BCUT2D eigenvalue weighted by molar-refractivity contribution is -0.141. The van der Waals surface area contributed by atoms with Gasteiger partial charge in [-0.25, -0.2) is 4.79 Å². The zero-order chi connectivity index (χ0) is 12.0. The van der Waals surface area contributed by atoms with Crippen LogP contribution in [0.25, 0.3) is 0 Å². The largest absolute Gasteiger partial charge is 0.480 e. The maximum absolute atomic E-state index is 11.3. The highest BCUT2D eigenvalue weighted by Crippen LogP contribution is 2.05. The van der Waals surface area contributed by atoms with Crippen molar-refractivity contribution in [3.63, 3.8) is 0 Å². The molecule has 0 aliphatic heterocycles. The fourth-order valence-electron chi connectivity index (χ4n) is 1.17. The van der Waals surface area contributed by atoms with E-state index in [4.69, 9.17) is 5.11 Å². The second-order valence-corrected chi connectivity index (χ2v) is 4.25. The molecule has 4 nitrogen and oxygen atoms in total. The molecule has 1 amide bonds. The second-order valence-electron chi connectivity index (χ2n) is 4.25. The normalized spacial score (nSPS) is 12.1. The highest BCUT2D eigenvalue weighted by Gasteiger charge is 2.19. The summed E-state index contributed by atoms with van der Waals surface area (Å²) in [4.78, 5) is 22.1. The third-order valence-electron chi connectivity index (χ3n) is 1.74. The van der Waals surface area contributed by atoms with Gasteiger partial charge < -0.3 is 10.4 Å². The first kappa shape index (κ1) is 13.7. The Balaban J connectivity index is 4.36. The first-order valence-electron chi connectivity index (χ1n) is 5.01. The van der Waals surface area contributed by atoms with E-state index in [1.807, 2.05) is 13.8 Å². The summed E-state index contributed by atoms with van der Waals surface area (Å²) < 4.78 is 0. The summed E-state index contributed by atoms with van der Waals surface area (Å²) in [6.45, 7) is 7.42. The van der Waals surface area contributed by atoms with E-state index >= 15 is 0 Å². The Morgan fingerprint density at radius 3 is 2.20 bits per heavy atom. The van der Waals surface area contributed by atoms with Crippen molar-refractivity contribution < 1.29 is 14.7 Å². The molecule has 0 bridgehead atoms. The van der Waals surface area contributed by atoms with Crippen molar-refractivity contribution in [1.29, 1.82) is 0 Å². The zero-order valence-electron chi connectivity index (χ0n) is 9.70. The third kappa shape index (κ3) is 6.71. The van der Waals surface area contributed by atoms with Gasteiger partial charge in [0.2, 0.25) is 5.91 Å². The molecule has 0 fully saturated rings. The van der Waals surface area contributed by atoms with E-state index in [9.17, 15) is 9.59 Å². The summed E-state index contributed by atoms with van der Waals surface area (Å²) in [5.41, 5.74) is 0.848. The van der Waals surface area contributed by atoms with E-state index in [0.717, 1.165) is 5.57 Å². The number of nitrogens with one attached hydrogen (secondary N) is 1. The van der Waals surface area contributed by atoms with Crippen LogP contribution in [0.5, 0.6) is 0 Å². The average Bonchev–Trinajstić information content (AvgIpc) is 1.99. The molecule has 0 aliphatic rings. The number of hydrogen-bond donors (Lipinski definition) is 2. The van der Waals surface area contributed by atoms with Gasteiger partial charge in [-0.15, -0.1) is 0 Å². The van der Waals surface area contributed by atoms with E-state index in [1.54, 1.807) is 13.8 Å². The smallest absolute Gasteiger partial charge is 0.326 e. The van der Waals surface area contributed by atoms with Crippen LogP contribution in [0.1, 0.15) is 34.1 Å². The Kier molecular flexibility index (Phi) is 5.67. The quantitative estimate of drug-likeness (QED) is 0.681. The van der Waals surface area contributed by atoms with Gasteiger partial charge in [-0.2, -0.15) is 0 Å². The van der Waals surface area contributed by atoms with Crippen LogP contribution in [0.2, 0.25) is 0 Å². The van der Waals surface area contributed by atoms with Gasteiger partial charge in [-0.1, -0.05) is 19.4 Å². The predicted octanol–water partition coefficient (Wildman–Crippen LogP) is 1.57. The van der Waals surface area contributed by atoms with Crippen LogP contribution >= 0.6 is 0 Å². The van der Waals surface area contributed by atoms with Crippen molar-refractivity contribution in [2.45, 2.75) is 40.2 Å². The van der Waals surface area contributed by atoms with Crippen molar-refractivity contribution in [3.8, 4) is 0 Å². The van der Waals surface area contributed by atoms with Gasteiger partial charge in [0.25, 0.3) is 0 Å². The van der Waals surface area contributed by atoms with Gasteiger partial charge >= 0.3 is 5.97 Å². The van der Waals surface area contributed by atoms with E-state index in [0.29, 0.717) is 6.42 Å². The Bertz CT molecular complexity index is 265. The van der Waals surface area contributed by atoms with E-state index in [1.165, 1.54) is 6.08 Å². The van der Waals surface area contributed by atoms with Gasteiger partial charge in [-0.3, -0.25) is 4.79 Å². The van der Waals surface area contributed by atoms with Crippen LogP contribution in [0, 0.1) is 5.92 Å². The maximum atomic E-state index is 11.3. The highest BCUT2D eigenvalue weighted by molar-refractivity contribution is 5.91. The number of rotatable bonds is 5. The summed E-state index contributed by atoms with van der Waals surface area (Å²) in [5.74, 6) is -1.10. The number of hydrogen-bond acceptors (Lipinski definition) is 2. The van der Waals surface area contributed by atoms with Crippen LogP contribution < -0.4 is 5.32 Å². The van der Waals surface area contributed by atoms with Gasteiger partial charge in [0.15, 0.2) is 0 Å². The molecule has 0 spiro atoms. The second kappa shape index (κ2) is 6.22. The Hall–Kier alpha value is -1.32. The first-order chi connectivity index (χ1) is 6.82. The molecular formula is C11H19NO3. The number of allylic oxidation sites excluding steroid dienone is 1. The molecule has 0 unspecified atom stereocenters. The number of carboxylic acids is 1. The summed E-state index contributed by atoms with van der Waals surface area (Å²) in [6, 6.07) is -0.798. The van der Waals surface area contributed by atoms with E-state index < -0.39 is 12.0 Å². The maximum Gasteiger partial charge on any atom is 0.326 e. The van der Waals surface area contributed by atoms with E-state index in [2.05, 4.69) is 5.32 Å². The zero-order valence-corrected chi connectivity index (χ0v) is 9.70. The monoisotopic (exact) mass is 213 g/mol. The first-order valence-corrected chi connectivity index (χ1v) is 5.01. The van der Waals surface area contributed by atoms with Crippen LogP contribution in [0.15, 0.2) is 11.6 Å². The number of amides is 1. The number of carbonyl (C=O) groups is 2. The van der Waals surface area contributed by atoms with Crippen LogP contribution in [-0.2, 0) is 9.59 Å². The van der Waals surface area contributed by atoms with Crippen LogP contribution in [0.4, 0.5) is 0 Å². The van der Waals surface area contributed by atoms with Crippen molar-refractivity contribution in [2.75, 3.05) is 0 Å². The number of carbonyl (C=O) groups excluding carboxylic acids is 1. The van der Waals surface area contributed by atoms with E-state index in [-0.39, 0.29) is 11.8 Å². The lowest BCUT2D eigenvalue weighted by Crippen LogP contribution is -2.40. The summed E-state index contributed by atoms with van der Waals surface area (Å²) in [7, 11) is 0. The minimum atomic E-state index is -0.987. The molecule has 0 radical (unpaired) electrons. The molecule has 0 aliphatic carbocycles. The fraction of sp³-hybridized carbons (Fsp3) is 0.636. The number of aliphatic carboxylic acids is 1. The van der Waals surface area contributed by atoms with Gasteiger partial charge in [0, 0.05) is 6.08 Å². The van der Waals surface area contributed by atoms with Gasteiger partial charge in [-0.05, 0) is 26.2 Å². The lowest BCUT2D eigenvalue weighted by Gasteiger charge is -2.15. The molecule has 0 rings (SSSR count). The Morgan fingerprint density at radius 1 is 1.33 bits per heavy atom. The minimum Gasteiger partial charge on any atom is -0.480 e.